The van der Waals surface area contributed by atoms with E-state index in [0.29, 0.717) is 23.7 Å². The number of likely N-dealkylation sites (N-methyl/N-ethyl adjacent to an activating group) is 1. The molecule has 1 heterocycles. The molecule has 0 aliphatic carbocycles. The van der Waals surface area contributed by atoms with Crippen molar-refractivity contribution in [3.05, 3.63) is 0 Å². The van der Waals surface area contributed by atoms with Crippen LogP contribution in [0.5, 0.6) is 0 Å². The van der Waals surface area contributed by atoms with Gasteiger partial charge in [0.15, 0.2) is 0 Å². The Kier molecular flexibility index (Phi) is 2.26. The highest BCUT2D eigenvalue weighted by atomic mass is 16.6. The Morgan fingerprint density at radius 3 is 1.91 bits per heavy atom. The van der Waals surface area contributed by atoms with Crippen molar-refractivity contribution in [2.45, 2.75) is 45.9 Å². The first kappa shape index (κ1) is 9.01. The van der Waals surface area contributed by atoms with E-state index >= 15 is 0 Å². The SMILES string of the molecule is CN[C@H](C1OC1C)C(C)(C)C. The molecule has 1 fully saturated rings. The number of rotatable bonds is 2. The lowest BCUT2D eigenvalue weighted by molar-refractivity contribution is 0.222. The first-order valence-corrected chi connectivity index (χ1v) is 4.29. The van der Waals surface area contributed by atoms with Gasteiger partial charge in [-0.1, -0.05) is 20.8 Å². The zero-order valence-corrected chi connectivity index (χ0v) is 8.14. The number of nitrogens with one attached hydrogen (secondary N) is 1. The van der Waals surface area contributed by atoms with Crippen LogP contribution < -0.4 is 5.32 Å². The van der Waals surface area contributed by atoms with Crippen LogP contribution >= 0.6 is 0 Å². The van der Waals surface area contributed by atoms with E-state index in [0.717, 1.165) is 0 Å². The van der Waals surface area contributed by atoms with Crippen molar-refractivity contribution in [3.8, 4) is 0 Å². The molecule has 0 radical (unpaired) electrons. The van der Waals surface area contributed by atoms with E-state index in [1.54, 1.807) is 0 Å². The average Bonchev–Trinajstić information content (AvgIpc) is 2.45. The van der Waals surface area contributed by atoms with Crippen LogP contribution in [0.4, 0.5) is 0 Å². The lowest BCUT2D eigenvalue weighted by atomic mass is 9.84. The Bertz CT molecular complexity index is 139. The molecule has 0 bridgehead atoms. The van der Waals surface area contributed by atoms with Gasteiger partial charge in [-0.05, 0) is 19.4 Å². The van der Waals surface area contributed by atoms with Crippen molar-refractivity contribution < 1.29 is 4.74 Å². The van der Waals surface area contributed by atoms with E-state index in [1.807, 2.05) is 7.05 Å². The van der Waals surface area contributed by atoms with E-state index in [-0.39, 0.29) is 0 Å². The van der Waals surface area contributed by atoms with E-state index in [1.165, 1.54) is 0 Å². The molecule has 0 aromatic heterocycles. The molecule has 0 aromatic carbocycles. The smallest absolute Gasteiger partial charge is 0.0996 e. The third-order valence-electron chi connectivity index (χ3n) is 2.33. The number of hydrogen-bond acceptors (Lipinski definition) is 2. The Hall–Kier alpha value is -0.0800. The number of ether oxygens (including phenoxy) is 1. The van der Waals surface area contributed by atoms with Crippen LogP contribution in [0.2, 0.25) is 0 Å². The summed E-state index contributed by atoms with van der Waals surface area (Å²) in [6.45, 7) is 8.84. The summed E-state index contributed by atoms with van der Waals surface area (Å²) < 4.78 is 5.43. The van der Waals surface area contributed by atoms with Gasteiger partial charge in [-0.2, -0.15) is 0 Å². The third-order valence-corrected chi connectivity index (χ3v) is 2.33. The minimum absolute atomic E-state index is 0.296. The Balaban J connectivity index is 2.51. The summed E-state index contributed by atoms with van der Waals surface area (Å²) in [6.07, 6.45) is 0.881. The molecule has 2 unspecified atom stereocenters. The van der Waals surface area contributed by atoms with Crippen LogP contribution in [-0.4, -0.2) is 25.3 Å². The average molecular weight is 157 g/mol. The highest BCUT2D eigenvalue weighted by Gasteiger charge is 2.45. The quantitative estimate of drug-likeness (QED) is 0.613. The molecule has 11 heavy (non-hydrogen) atoms. The van der Waals surface area contributed by atoms with Gasteiger partial charge in [0, 0.05) is 6.04 Å². The van der Waals surface area contributed by atoms with Crippen LogP contribution in [-0.2, 0) is 4.74 Å². The molecule has 0 saturated carbocycles. The maximum Gasteiger partial charge on any atom is 0.0996 e. The summed E-state index contributed by atoms with van der Waals surface area (Å²) in [5.74, 6) is 0. The van der Waals surface area contributed by atoms with Crippen LogP contribution in [0, 0.1) is 5.41 Å². The molecule has 2 nitrogen and oxygen atoms in total. The normalized spacial score (nSPS) is 33.5. The molecular weight excluding hydrogens is 138 g/mol. The fourth-order valence-electron chi connectivity index (χ4n) is 1.64. The second-order valence-corrected chi connectivity index (χ2v) is 4.44. The largest absolute Gasteiger partial charge is 0.368 e. The molecule has 3 atom stereocenters. The summed E-state index contributed by atoms with van der Waals surface area (Å²) in [6, 6.07) is 0.484. The molecular formula is C9H19NO. The van der Waals surface area contributed by atoms with Gasteiger partial charge < -0.3 is 10.1 Å². The minimum Gasteiger partial charge on any atom is -0.368 e. The Morgan fingerprint density at radius 1 is 1.36 bits per heavy atom. The predicted molar refractivity (Wildman–Crippen MR) is 46.6 cm³/mol. The fraction of sp³-hybridized carbons (Fsp3) is 1.00. The highest BCUT2D eigenvalue weighted by Crippen LogP contribution is 2.33. The number of epoxide rings is 1. The van der Waals surface area contributed by atoms with Gasteiger partial charge in [0.05, 0.1) is 12.2 Å². The first-order valence-electron chi connectivity index (χ1n) is 4.29. The second-order valence-electron chi connectivity index (χ2n) is 4.44. The zero-order chi connectivity index (χ0) is 8.65. The van der Waals surface area contributed by atoms with Crippen molar-refractivity contribution in [1.82, 2.24) is 5.32 Å². The molecule has 1 rings (SSSR count). The van der Waals surface area contributed by atoms with Crippen LogP contribution in [0.1, 0.15) is 27.7 Å². The van der Waals surface area contributed by atoms with Gasteiger partial charge in [-0.15, -0.1) is 0 Å². The van der Waals surface area contributed by atoms with Crippen LogP contribution in [0.15, 0.2) is 0 Å². The Labute approximate surface area is 69.3 Å². The van der Waals surface area contributed by atoms with Crippen molar-refractivity contribution in [1.29, 1.82) is 0 Å². The van der Waals surface area contributed by atoms with Crippen molar-refractivity contribution in [3.63, 3.8) is 0 Å². The molecule has 1 aliphatic heterocycles. The van der Waals surface area contributed by atoms with Crippen molar-refractivity contribution in [2.75, 3.05) is 7.05 Å². The molecule has 1 aliphatic rings. The maximum atomic E-state index is 5.43. The van der Waals surface area contributed by atoms with Crippen LogP contribution in [0.3, 0.4) is 0 Å². The van der Waals surface area contributed by atoms with Gasteiger partial charge in [-0.25, -0.2) is 0 Å². The lowest BCUT2D eigenvalue weighted by Gasteiger charge is -2.29. The van der Waals surface area contributed by atoms with Crippen molar-refractivity contribution >= 4 is 0 Å². The molecule has 0 aromatic rings. The Morgan fingerprint density at radius 2 is 1.82 bits per heavy atom. The molecule has 0 spiro atoms. The minimum atomic E-state index is 0.296. The van der Waals surface area contributed by atoms with Gasteiger partial charge in [0.2, 0.25) is 0 Å². The standard InChI is InChI=1S/C9H19NO/c1-6-7(11-6)8(10-5)9(2,3)4/h6-8,10H,1-5H3/t6?,7?,8-/m1/s1. The topological polar surface area (TPSA) is 24.6 Å². The first-order chi connectivity index (χ1) is 4.96. The zero-order valence-electron chi connectivity index (χ0n) is 8.14. The number of hydrogen-bond donors (Lipinski definition) is 1. The summed E-state index contributed by atoms with van der Waals surface area (Å²) in [4.78, 5) is 0. The third kappa shape index (κ3) is 1.94. The molecule has 1 N–H and O–H groups in total. The van der Waals surface area contributed by atoms with Gasteiger partial charge >= 0.3 is 0 Å². The van der Waals surface area contributed by atoms with E-state index in [4.69, 9.17) is 4.74 Å². The van der Waals surface area contributed by atoms with Gasteiger partial charge in [-0.3, -0.25) is 0 Å². The summed E-state index contributed by atoms with van der Waals surface area (Å²) in [7, 11) is 2.00. The lowest BCUT2D eigenvalue weighted by Crippen LogP contribution is -2.43. The predicted octanol–water partition coefficient (Wildman–Crippen LogP) is 1.41. The summed E-state index contributed by atoms with van der Waals surface area (Å²) >= 11 is 0. The van der Waals surface area contributed by atoms with Gasteiger partial charge in [0.1, 0.15) is 0 Å². The monoisotopic (exact) mass is 157 g/mol. The van der Waals surface area contributed by atoms with Gasteiger partial charge in [0.25, 0.3) is 0 Å². The van der Waals surface area contributed by atoms with Crippen LogP contribution in [0.25, 0.3) is 0 Å². The van der Waals surface area contributed by atoms with E-state index in [9.17, 15) is 0 Å². The van der Waals surface area contributed by atoms with E-state index in [2.05, 4.69) is 33.0 Å². The molecule has 1 saturated heterocycles. The molecule has 0 amide bonds. The maximum absolute atomic E-state index is 5.43. The fourth-order valence-corrected chi connectivity index (χ4v) is 1.64. The van der Waals surface area contributed by atoms with Crippen molar-refractivity contribution in [2.24, 2.45) is 5.41 Å². The second kappa shape index (κ2) is 2.76. The summed E-state index contributed by atoms with van der Waals surface area (Å²) in [5, 5.41) is 3.31. The molecule has 2 heteroatoms. The van der Waals surface area contributed by atoms with E-state index < -0.39 is 0 Å². The summed E-state index contributed by atoms with van der Waals surface area (Å²) in [5.41, 5.74) is 0.296. The molecule has 66 valence electrons. The highest BCUT2D eigenvalue weighted by molar-refractivity contribution is 4.97.